The van der Waals surface area contributed by atoms with Crippen LogP contribution in [0.2, 0.25) is 0 Å². The molecule has 0 saturated heterocycles. The number of nitrogens with two attached hydrogens (primary N) is 2. The Bertz CT molecular complexity index is 354. The van der Waals surface area contributed by atoms with E-state index in [9.17, 15) is 0 Å². The second-order valence-corrected chi connectivity index (χ2v) is 3.48. The van der Waals surface area contributed by atoms with E-state index in [-0.39, 0.29) is 6.04 Å². The summed E-state index contributed by atoms with van der Waals surface area (Å²) in [6, 6.07) is 5.90. The lowest BCUT2D eigenvalue weighted by Crippen LogP contribution is -2.21. The molecule has 0 aliphatic heterocycles. The van der Waals surface area contributed by atoms with E-state index in [4.69, 9.17) is 16.7 Å². The molecule has 3 nitrogen and oxygen atoms in total. The zero-order valence-electron chi connectivity index (χ0n) is 8.54. The fraction of sp³-hybridized carbons (Fsp3) is 0.364. The summed E-state index contributed by atoms with van der Waals surface area (Å²) in [5, 5.41) is 8.88. The van der Waals surface area contributed by atoms with Crippen molar-refractivity contribution >= 4 is 0 Å². The van der Waals surface area contributed by atoms with E-state index in [0.29, 0.717) is 6.54 Å². The summed E-state index contributed by atoms with van der Waals surface area (Å²) >= 11 is 0. The molecule has 1 atom stereocenters. The lowest BCUT2D eigenvalue weighted by atomic mass is 9.97. The Balaban J connectivity index is 3.22. The molecule has 1 aromatic carbocycles. The van der Waals surface area contributed by atoms with Gasteiger partial charge in [0.15, 0.2) is 0 Å². The number of rotatable bonds is 2. The molecule has 0 radical (unpaired) electrons. The third-order valence-corrected chi connectivity index (χ3v) is 2.35. The van der Waals surface area contributed by atoms with Crippen LogP contribution in [0, 0.1) is 25.2 Å². The Morgan fingerprint density at radius 1 is 1.36 bits per heavy atom. The second-order valence-electron chi connectivity index (χ2n) is 3.48. The van der Waals surface area contributed by atoms with Crippen LogP contribution in [0.1, 0.15) is 28.3 Å². The van der Waals surface area contributed by atoms with Gasteiger partial charge in [-0.05, 0) is 30.5 Å². The molecule has 0 amide bonds. The number of aryl methyl sites for hydroxylation is 2. The Labute approximate surface area is 84.3 Å². The molecule has 0 fully saturated rings. The summed E-state index contributed by atoms with van der Waals surface area (Å²) in [7, 11) is 0. The molecule has 14 heavy (non-hydrogen) atoms. The number of hydrogen-bond donors (Lipinski definition) is 2. The van der Waals surface area contributed by atoms with Gasteiger partial charge in [0.05, 0.1) is 11.6 Å². The third-order valence-electron chi connectivity index (χ3n) is 2.35. The predicted octanol–water partition coefficient (Wildman–Crippen LogP) is 1.13. The third kappa shape index (κ3) is 1.92. The van der Waals surface area contributed by atoms with Gasteiger partial charge in [0.25, 0.3) is 0 Å². The molecule has 0 heterocycles. The Hall–Kier alpha value is -1.37. The fourth-order valence-corrected chi connectivity index (χ4v) is 1.52. The molecular weight excluding hydrogens is 174 g/mol. The molecule has 3 heteroatoms. The van der Waals surface area contributed by atoms with Crippen molar-refractivity contribution in [3.63, 3.8) is 0 Å². The van der Waals surface area contributed by atoms with Crippen LogP contribution in [0.25, 0.3) is 0 Å². The number of benzene rings is 1. The van der Waals surface area contributed by atoms with Gasteiger partial charge in [-0.1, -0.05) is 12.1 Å². The van der Waals surface area contributed by atoms with Gasteiger partial charge in [0.1, 0.15) is 0 Å². The van der Waals surface area contributed by atoms with Crippen LogP contribution in [-0.2, 0) is 0 Å². The number of hydrogen-bond acceptors (Lipinski definition) is 3. The maximum absolute atomic E-state index is 8.88. The van der Waals surface area contributed by atoms with E-state index < -0.39 is 0 Å². The van der Waals surface area contributed by atoms with Gasteiger partial charge in [-0.3, -0.25) is 0 Å². The highest BCUT2D eigenvalue weighted by molar-refractivity contribution is 5.46. The highest BCUT2D eigenvalue weighted by Gasteiger charge is 2.08. The summed E-state index contributed by atoms with van der Waals surface area (Å²) in [6.07, 6.45) is 0. The largest absolute Gasteiger partial charge is 0.329 e. The molecular formula is C11H15N3. The molecule has 1 aromatic rings. The quantitative estimate of drug-likeness (QED) is 0.732. The Morgan fingerprint density at radius 3 is 2.21 bits per heavy atom. The average molecular weight is 189 g/mol. The van der Waals surface area contributed by atoms with E-state index in [1.807, 2.05) is 26.0 Å². The van der Waals surface area contributed by atoms with E-state index in [0.717, 1.165) is 22.3 Å². The van der Waals surface area contributed by atoms with E-state index in [1.165, 1.54) is 0 Å². The van der Waals surface area contributed by atoms with Crippen molar-refractivity contribution in [2.45, 2.75) is 19.9 Å². The summed E-state index contributed by atoms with van der Waals surface area (Å²) in [4.78, 5) is 0. The van der Waals surface area contributed by atoms with Crippen molar-refractivity contribution in [3.05, 3.63) is 34.4 Å². The van der Waals surface area contributed by atoms with Crippen molar-refractivity contribution in [3.8, 4) is 6.07 Å². The van der Waals surface area contributed by atoms with Crippen LogP contribution in [0.3, 0.4) is 0 Å². The van der Waals surface area contributed by atoms with Crippen molar-refractivity contribution < 1.29 is 0 Å². The smallest absolute Gasteiger partial charge is 0.0997 e. The van der Waals surface area contributed by atoms with Crippen LogP contribution >= 0.6 is 0 Å². The monoisotopic (exact) mass is 189 g/mol. The van der Waals surface area contributed by atoms with Gasteiger partial charge in [0.2, 0.25) is 0 Å². The molecule has 4 N–H and O–H groups in total. The standard InChI is InChI=1S/C11H15N3/c1-7-3-9(11(14)6-13)4-8(2)10(7)5-12/h3-4,11H,6,13-14H2,1-2H3/t11-/m0/s1. The molecule has 0 aromatic heterocycles. The zero-order valence-corrected chi connectivity index (χ0v) is 8.54. The van der Waals surface area contributed by atoms with Crippen LogP contribution in [-0.4, -0.2) is 6.54 Å². The summed E-state index contributed by atoms with van der Waals surface area (Å²) in [5.41, 5.74) is 15.0. The molecule has 0 spiro atoms. The molecule has 1 rings (SSSR count). The lowest BCUT2D eigenvalue weighted by Gasteiger charge is -2.12. The minimum atomic E-state index is -0.139. The first-order chi connectivity index (χ1) is 6.60. The Morgan fingerprint density at radius 2 is 1.86 bits per heavy atom. The zero-order chi connectivity index (χ0) is 10.7. The summed E-state index contributed by atoms with van der Waals surface area (Å²) < 4.78 is 0. The first-order valence-corrected chi connectivity index (χ1v) is 4.57. The van der Waals surface area contributed by atoms with Crippen molar-refractivity contribution in [1.82, 2.24) is 0 Å². The lowest BCUT2D eigenvalue weighted by molar-refractivity contribution is 0.735. The van der Waals surface area contributed by atoms with Crippen molar-refractivity contribution in [1.29, 1.82) is 5.26 Å². The van der Waals surface area contributed by atoms with Gasteiger partial charge < -0.3 is 11.5 Å². The van der Waals surface area contributed by atoms with E-state index in [2.05, 4.69) is 6.07 Å². The minimum Gasteiger partial charge on any atom is -0.329 e. The van der Waals surface area contributed by atoms with Gasteiger partial charge >= 0.3 is 0 Å². The fourth-order valence-electron chi connectivity index (χ4n) is 1.52. The molecule has 0 unspecified atom stereocenters. The first kappa shape index (κ1) is 10.7. The van der Waals surface area contributed by atoms with E-state index in [1.54, 1.807) is 0 Å². The van der Waals surface area contributed by atoms with Crippen LogP contribution in [0.5, 0.6) is 0 Å². The summed E-state index contributed by atoms with van der Waals surface area (Å²) in [6.45, 7) is 4.25. The normalized spacial score (nSPS) is 12.2. The van der Waals surface area contributed by atoms with Crippen LogP contribution in [0.4, 0.5) is 0 Å². The first-order valence-electron chi connectivity index (χ1n) is 4.57. The van der Waals surface area contributed by atoms with Gasteiger partial charge in [-0.2, -0.15) is 5.26 Å². The van der Waals surface area contributed by atoms with Gasteiger partial charge in [0, 0.05) is 12.6 Å². The second kappa shape index (κ2) is 4.23. The van der Waals surface area contributed by atoms with Gasteiger partial charge in [-0.25, -0.2) is 0 Å². The predicted molar refractivity (Wildman–Crippen MR) is 56.6 cm³/mol. The molecule has 0 saturated carbocycles. The average Bonchev–Trinajstić information content (AvgIpc) is 2.16. The topological polar surface area (TPSA) is 75.8 Å². The molecule has 0 aliphatic carbocycles. The maximum atomic E-state index is 8.88. The van der Waals surface area contributed by atoms with Crippen molar-refractivity contribution in [2.75, 3.05) is 6.54 Å². The van der Waals surface area contributed by atoms with Crippen LogP contribution in [0.15, 0.2) is 12.1 Å². The number of nitrogens with zero attached hydrogens (tertiary/aromatic N) is 1. The van der Waals surface area contributed by atoms with E-state index >= 15 is 0 Å². The molecule has 0 bridgehead atoms. The van der Waals surface area contributed by atoms with Gasteiger partial charge in [-0.15, -0.1) is 0 Å². The highest BCUT2D eigenvalue weighted by Crippen LogP contribution is 2.18. The highest BCUT2D eigenvalue weighted by atomic mass is 14.7. The van der Waals surface area contributed by atoms with Crippen molar-refractivity contribution in [2.24, 2.45) is 11.5 Å². The maximum Gasteiger partial charge on any atom is 0.0997 e. The minimum absolute atomic E-state index is 0.139. The SMILES string of the molecule is Cc1cc([C@@H](N)CN)cc(C)c1C#N. The number of nitriles is 1. The molecule has 0 aliphatic rings. The Kier molecular flexibility index (Phi) is 3.23. The summed E-state index contributed by atoms with van der Waals surface area (Å²) in [5.74, 6) is 0. The van der Waals surface area contributed by atoms with Crippen LogP contribution < -0.4 is 11.5 Å². The molecule has 74 valence electrons.